The van der Waals surface area contributed by atoms with Crippen LogP contribution in [0.5, 0.6) is 0 Å². The predicted molar refractivity (Wildman–Crippen MR) is 77.6 cm³/mol. The molecule has 0 saturated carbocycles. The van der Waals surface area contributed by atoms with E-state index in [4.69, 9.17) is 9.47 Å². The third-order valence-electron chi connectivity index (χ3n) is 3.78. The number of carbonyl (C=O) groups is 1. The van der Waals surface area contributed by atoms with Crippen LogP contribution < -0.4 is 0 Å². The normalized spacial score (nSPS) is 18.1. The number of hydrogen-bond donors (Lipinski definition) is 0. The van der Waals surface area contributed by atoms with E-state index in [1.165, 1.54) is 18.2 Å². The van der Waals surface area contributed by atoms with E-state index in [1.807, 2.05) is 6.07 Å². The zero-order valence-corrected chi connectivity index (χ0v) is 12.5. The largest absolute Gasteiger partial charge is 0.468 e. The fourth-order valence-electron chi connectivity index (χ4n) is 2.53. The number of nitrogens with zero attached hydrogens (tertiary/aromatic N) is 1. The Labute approximate surface area is 120 Å². The van der Waals surface area contributed by atoms with Crippen molar-refractivity contribution in [1.82, 2.24) is 4.90 Å². The van der Waals surface area contributed by atoms with Gasteiger partial charge in [0.25, 0.3) is 0 Å². The van der Waals surface area contributed by atoms with Crippen LogP contribution in [0.2, 0.25) is 0 Å². The standard InChI is InChI=1S/C16H23NO3/c1-12(2)17(11-16(18)19-3)10-15-14-7-5-4-6-13(14)8-9-20-15/h4-7,12,15H,8-11H2,1-3H3. The third-order valence-corrected chi connectivity index (χ3v) is 3.78. The van der Waals surface area contributed by atoms with Crippen molar-refractivity contribution < 1.29 is 14.3 Å². The Hall–Kier alpha value is -1.39. The van der Waals surface area contributed by atoms with Gasteiger partial charge in [-0.1, -0.05) is 24.3 Å². The van der Waals surface area contributed by atoms with Gasteiger partial charge in [0.2, 0.25) is 0 Å². The summed E-state index contributed by atoms with van der Waals surface area (Å²) in [5.74, 6) is -0.206. The Morgan fingerprint density at radius 2 is 2.20 bits per heavy atom. The topological polar surface area (TPSA) is 38.8 Å². The van der Waals surface area contributed by atoms with Crippen molar-refractivity contribution in [2.24, 2.45) is 0 Å². The number of rotatable bonds is 5. The summed E-state index contributed by atoms with van der Waals surface area (Å²) < 4.78 is 10.7. The highest BCUT2D eigenvalue weighted by Gasteiger charge is 2.25. The van der Waals surface area contributed by atoms with E-state index >= 15 is 0 Å². The van der Waals surface area contributed by atoms with E-state index in [2.05, 4.69) is 36.9 Å². The van der Waals surface area contributed by atoms with E-state index < -0.39 is 0 Å². The molecule has 1 aliphatic heterocycles. The van der Waals surface area contributed by atoms with E-state index in [1.54, 1.807) is 0 Å². The van der Waals surface area contributed by atoms with Crippen molar-refractivity contribution in [2.45, 2.75) is 32.4 Å². The fraction of sp³-hybridized carbons (Fsp3) is 0.562. The molecule has 4 nitrogen and oxygen atoms in total. The lowest BCUT2D eigenvalue weighted by Gasteiger charge is -2.33. The minimum absolute atomic E-state index is 0.0343. The van der Waals surface area contributed by atoms with Gasteiger partial charge < -0.3 is 9.47 Å². The van der Waals surface area contributed by atoms with Gasteiger partial charge in [0.15, 0.2) is 0 Å². The molecule has 4 heteroatoms. The number of hydrogen-bond acceptors (Lipinski definition) is 4. The molecule has 0 saturated heterocycles. The highest BCUT2D eigenvalue weighted by molar-refractivity contribution is 5.71. The Balaban J connectivity index is 2.10. The third kappa shape index (κ3) is 3.58. The summed E-state index contributed by atoms with van der Waals surface area (Å²) in [6.07, 6.45) is 0.998. The molecule has 0 bridgehead atoms. The summed E-state index contributed by atoms with van der Waals surface area (Å²) in [4.78, 5) is 13.6. The smallest absolute Gasteiger partial charge is 0.319 e. The summed E-state index contributed by atoms with van der Waals surface area (Å²) in [6, 6.07) is 8.66. The monoisotopic (exact) mass is 277 g/mol. The summed E-state index contributed by atoms with van der Waals surface area (Å²) >= 11 is 0. The highest BCUT2D eigenvalue weighted by Crippen LogP contribution is 2.28. The van der Waals surface area contributed by atoms with Crippen molar-refractivity contribution >= 4 is 5.97 Å². The molecule has 1 heterocycles. The molecule has 0 radical (unpaired) electrons. The molecular formula is C16H23NO3. The molecule has 0 N–H and O–H groups in total. The lowest BCUT2D eigenvalue weighted by atomic mass is 9.97. The average Bonchev–Trinajstić information content (AvgIpc) is 2.46. The minimum atomic E-state index is -0.206. The Bertz CT molecular complexity index is 459. The molecule has 0 fully saturated rings. The van der Waals surface area contributed by atoms with Crippen molar-refractivity contribution in [2.75, 3.05) is 26.8 Å². The first-order valence-electron chi connectivity index (χ1n) is 7.12. The Kier molecular flexibility index (Phi) is 5.15. The highest BCUT2D eigenvalue weighted by atomic mass is 16.5. The van der Waals surface area contributed by atoms with E-state index in [0.29, 0.717) is 13.1 Å². The van der Waals surface area contributed by atoms with Gasteiger partial charge in [-0.2, -0.15) is 0 Å². The van der Waals surface area contributed by atoms with Crippen LogP contribution in [-0.2, 0) is 20.7 Å². The van der Waals surface area contributed by atoms with Crippen LogP contribution in [0.3, 0.4) is 0 Å². The molecule has 0 aromatic heterocycles. The molecule has 110 valence electrons. The molecule has 1 atom stereocenters. The number of esters is 1. The number of benzene rings is 1. The maximum Gasteiger partial charge on any atom is 0.319 e. The number of fused-ring (bicyclic) bond motifs is 1. The summed E-state index contributed by atoms with van der Waals surface area (Å²) in [6.45, 7) is 5.92. The molecule has 0 amide bonds. The Morgan fingerprint density at radius 1 is 1.45 bits per heavy atom. The number of carbonyl (C=O) groups excluding carboxylic acids is 1. The Morgan fingerprint density at radius 3 is 2.90 bits per heavy atom. The van der Waals surface area contributed by atoms with Gasteiger partial charge in [-0.15, -0.1) is 0 Å². The van der Waals surface area contributed by atoms with Crippen LogP contribution in [0.25, 0.3) is 0 Å². The van der Waals surface area contributed by atoms with Gasteiger partial charge in [-0.05, 0) is 31.4 Å². The molecule has 1 aliphatic rings. The van der Waals surface area contributed by atoms with Crippen LogP contribution >= 0.6 is 0 Å². The molecular weight excluding hydrogens is 254 g/mol. The average molecular weight is 277 g/mol. The first-order chi connectivity index (χ1) is 9.61. The quantitative estimate of drug-likeness (QED) is 0.773. The van der Waals surface area contributed by atoms with Crippen LogP contribution in [0, 0.1) is 0 Å². The van der Waals surface area contributed by atoms with Gasteiger partial charge in [0, 0.05) is 12.6 Å². The van der Waals surface area contributed by atoms with Gasteiger partial charge >= 0.3 is 5.97 Å². The molecule has 1 aromatic rings. The molecule has 20 heavy (non-hydrogen) atoms. The lowest BCUT2D eigenvalue weighted by molar-refractivity contribution is -0.143. The van der Waals surface area contributed by atoms with E-state index in [9.17, 15) is 4.79 Å². The maximum atomic E-state index is 11.5. The SMILES string of the molecule is COC(=O)CN(CC1OCCc2ccccc21)C(C)C. The van der Waals surface area contributed by atoms with Gasteiger partial charge in [-0.25, -0.2) is 0 Å². The fourth-order valence-corrected chi connectivity index (χ4v) is 2.53. The maximum absolute atomic E-state index is 11.5. The van der Waals surface area contributed by atoms with Crippen LogP contribution in [0.15, 0.2) is 24.3 Å². The van der Waals surface area contributed by atoms with E-state index in [-0.39, 0.29) is 18.1 Å². The van der Waals surface area contributed by atoms with Gasteiger partial charge in [-0.3, -0.25) is 9.69 Å². The molecule has 0 aliphatic carbocycles. The lowest BCUT2D eigenvalue weighted by Crippen LogP contribution is -2.40. The summed E-state index contributed by atoms with van der Waals surface area (Å²) in [7, 11) is 1.42. The zero-order chi connectivity index (χ0) is 14.5. The number of methoxy groups -OCH3 is 1. The zero-order valence-electron chi connectivity index (χ0n) is 12.5. The van der Waals surface area contributed by atoms with Crippen LogP contribution in [-0.4, -0.2) is 43.7 Å². The predicted octanol–water partition coefficient (Wildman–Crippen LogP) is 2.18. The van der Waals surface area contributed by atoms with E-state index in [0.717, 1.165) is 13.0 Å². The van der Waals surface area contributed by atoms with Crippen LogP contribution in [0.4, 0.5) is 0 Å². The summed E-state index contributed by atoms with van der Waals surface area (Å²) in [5, 5.41) is 0. The van der Waals surface area contributed by atoms with Crippen molar-refractivity contribution in [3.63, 3.8) is 0 Å². The molecule has 2 rings (SSSR count). The molecule has 1 aromatic carbocycles. The van der Waals surface area contributed by atoms with Gasteiger partial charge in [0.05, 0.1) is 26.4 Å². The molecule has 0 spiro atoms. The first kappa shape index (κ1) is 15.0. The molecule has 1 unspecified atom stereocenters. The van der Waals surface area contributed by atoms with Crippen molar-refractivity contribution in [1.29, 1.82) is 0 Å². The minimum Gasteiger partial charge on any atom is -0.468 e. The van der Waals surface area contributed by atoms with Crippen LogP contribution in [0.1, 0.15) is 31.1 Å². The van der Waals surface area contributed by atoms with Gasteiger partial charge in [0.1, 0.15) is 0 Å². The van der Waals surface area contributed by atoms with Crippen molar-refractivity contribution in [3.8, 4) is 0 Å². The number of ether oxygens (including phenoxy) is 2. The van der Waals surface area contributed by atoms with Crippen molar-refractivity contribution in [3.05, 3.63) is 35.4 Å². The second-order valence-corrected chi connectivity index (χ2v) is 5.41. The summed E-state index contributed by atoms with van der Waals surface area (Å²) in [5.41, 5.74) is 2.60. The second kappa shape index (κ2) is 6.86. The second-order valence-electron chi connectivity index (χ2n) is 5.41. The first-order valence-corrected chi connectivity index (χ1v) is 7.12.